The number of hydrogen-bond donors (Lipinski definition) is 3. The van der Waals surface area contributed by atoms with Crippen molar-refractivity contribution in [3.05, 3.63) is 30.3 Å². The van der Waals surface area contributed by atoms with Gasteiger partial charge >= 0.3 is 6.03 Å². The maximum absolute atomic E-state index is 11.5. The standard InChI is InChI=1S/C16H26N2O3/c1-16(2,3)14(19)12-18-15(20)17-10-7-11-21-13-8-5-4-6-9-13/h4-6,8-9,14,19H,7,10-12H2,1-3H3,(H2,17,18,20). The number of hydrogen-bond acceptors (Lipinski definition) is 3. The van der Waals surface area contributed by atoms with Crippen LogP contribution in [0.1, 0.15) is 27.2 Å². The van der Waals surface area contributed by atoms with Gasteiger partial charge in [-0.3, -0.25) is 0 Å². The van der Waals surface area contributed by atoms with Gasteiger partial charge < -0.3 is 20.5 Å². The minimum absolute atomic E-state index is 0.239. The third-order valence-electron chi connectivity index (χ3n) is 3.07. The Kier molecular flexibility index (Phi) is 7.02. The monoisotopic (exact) mass is 294 g/mol. The fourth-order valence-corrected chi connectivity index (χ4v) is 1.54. The first-order valence-corrected chi connectivity index (χ1v) is 7.27. The van der Waals surface area contributed by atoms with Crippen LogP contribution in [0.2, 0.25) is 0 Å². The first-order chi connectivity index (χ1) is 9.89. The molecule has 3 N–H and O–H groups in total. The van der Waals surface area contributed by atoms with Gasteiger partial charge in [0, 0.05) is 13.1 Å². The number of carbonyl (C=O) groups excluding carboxylic acids is 1. The zero-order valence-corrected chi connectivity index (χ0v) is 13.1. The summed E-state index contributed by atoms with van der Waals surface area (Å²) >= 11 is 0. The maximum atomic E-state index is 11.5. The van der Waals surface area contributed by atoms with Crippen molar-refractivity contribution in [1.29, 1.82) is 0 Å². The largest absolute Gasteiger partial charge is 0.494 e. The average molecular weight is 294 g/mol. The highest BCUT2D eigenvalue weighted by Crippen LogP contribution is 2.17. The minimum atomic E-state index is -0.565. The lowest BCUT2D eigenvalue weighted by atomic mass is 9.89. The number of nitrogens with one attached hydrogen (secondary N) is 2. The van der Waals surface area contributed by atoms with Gasteiger partial charge in [-0.05, 0) is 24.0 Å². The van der Waals surface area contributed by atoms with Crippen molar-refractivity contribution < 1.29 is 14.6 Å². The highest BCUT2D eigenvalue weighted by Gasteiger charge is 2.22. The predicted octanol–water partition coefficient (Wildman–Crippen LogP) is 2.16. The summed E-state index contributed by atoms with van der Waals surface area (Å²) in [4.78, 5) is 11.5. The molecule has 21 heavy (non-hydrogen) atoms. The summed E-state index contributed by atoms with van der Waals surface area (Å²) in [6.07, 6.45) is 0.161. The zero-order chi connectivity index (χ0) is 15.7. The molecule has 0 aliphatic rings. The van der Waals surface area contributed by atoms with Gasteiger partial charge in [0.15, 0.2) is 0 Å². The Morgan fingerprint density at radius 1 is 1.24 bits per heavy atom. The molecule has 0 radical (unpaired) electrons. The Hall–Kier alpha value is -1.75. The molecule has 0 aromatic heterocycles. The van der Waals surface area contributed by atoms with E-state index < -0.39 is 6.10 Å². The summed E-state index contributed by atoms with van der Waals surface area (Å²) in [7, 11) is 0. The molecule has 2 amide bonds. The highest BCUT2D eigenvalue weighted by molar-refractivity contribution is 5.73. The molecular formula is C16H26N2O3. The second-order valence-electron chi connectivity index (χ2n) is 6.03. The van der Waals surface area contributed by atoms with Crippen molar-refractivity contribution in [1.82, 2.24) is 10.6 Å². The van der Waals surface area contributed by atoms with Crippen molar-refractivity contribution in [2.45, 2.75) is 33.3 Å². The van der Waals surface area contributed by atoms with Gasteiger partial charge in [0.25, 0.3) is 0 Å². The Morgan fingerprint density at radius 3 is 2.52 bits per heavy atom. The van der Waals surface area contributed by atoms with E-state index >= 15 is 0 Å². The van der Waals surface area contributed by atoms with Crippen LogP contribution in [-0.4, -0.2) is 36.9 Å². The van der Waals surface area contributed by atoms with Gasteiger partial charge in [-0.1, -0.05) is 39.0 Å². The van der Waals surface area contributed by atoms with E-state index in [1.807, 2.05) is 51.1 Å². The van der Waals surface area contributed by atoms with Gasteiger partial charge in [0.2, 0.25) is 0 Å². The van der Waals surface area contributed by atoms with Crippen molar-refractivity contribution in [2.75, 3.05) is 19.7 Å². The SMILES string of the molecule is CC(C)(C)C(O)CNC(=O)NCCCOc1ccccc1. The number of amides is 2. The van der Waals surface area contributed by atoms with Gasteiger partial charge in [-0.25, -0.2) is 4.79 Å². The number of urea groups is 1. The lowest BCUT2D eigenvalue weighted by Crippen LogP contribution is -2.43. The molecule has 5 nitrogen and oxygen atoms in total. The first-order valence-electron chi connectivity index (χ1n) is 7.27. The fraction of sp³-hybridized carbons (Fsp3) is 0.562. The molecule has 0 aliphatic carbocycles. The molecule has 0 fully saturated rings. The lowest BCUT2D eigenvalue weighted by molar-refractivity contribution is 0.0650. The Balaban J connectivity index is 2.06. The van der Waals surface area contributed by atoms with E-state index in [-0.39, 0.29) is 18.0 Å². The molecule has 1 aromatic carbocycles. The van der Waals surface area contributed by atoms with Crippen LogP contribution in [0.4, 0.5) is 4.79 Å². The summed E-state index contributed by atoms with van der Waals surface area (Å²) in [5, 5.41) is 15.2. The maximum Gasteiger partial charge on any atom is 0.314 e. The quantitative estimate of drug-likeness (QED) is 0.675. The summed E-state index contributed by atoms with van der Waals surface area (Å²) in [5.41, 5.74) is -0.239. The second kappa shape index (κ2) is 8.52. The number of para-hydroxylation sites is 1. The molecule has 0 spiro atoms. The molecule has 0 heterocycles. The third-order valence-corrected chi connectivity index (χ3v) is 3.07. The summed E-state index contributed by atoms with van der Waals surface area (Å²) in [6, 6.07) is 9.30. The molecule has 5 heteroatoms. The molecule has 1 unspecified atom stereocenters. The zero-order valence-electron chi connectivity index (χ0n) is 13.1. The van der Waals surface area contributed by atoms with Crippen molar-refractivity contribution in [2.24, 2.45) is 5.41 Å². The van der Waals surface area contributed by atoms with E-state index in [0.29, 0.717) is 13.2 Å². The van der Waals surface area contributed by atoms with Crippen LogP contribution >= 0.6 is 0 Å². The smallest absolute Gasteiger partial charge is 0.314 e. The van der Waals surface area contributed by atoms with E-state index in [4.69, 9.17) is 4.74 Å². The van der Waals surface area contributed by atoms with E-state index in [9.17, 15) is 9.90 Å². The Morgan fingerprint density at radius 2 is 1.90 bits per heavy atom. The summed E-state index contributed by atoms with van der Waals surface area (Å²) in [6.45, 7) is 7.11. The van der Waals surface area contributed by atoms with Crippen LogP contribution < -0.4 is 15.4 Å². The Labute approximate surface area is 126 Å². The summed E-state index contributed by atoms with van der Waals surface area (Å²) in [5.74, 6) is 0.829. The minimum Gasteiger partial charge on any atom is -0.494 e. The molecule has 1 rings (SSSR count). The lowest BCUT2D eigenvalue weighted by Gasteiger charge is -2.25. The number of carbonyl (C=O) groups is 1. The van der Waals surface area contributed by atoms with Crippen LogP contribution in [0.3, 0.4) is 0 Å². The van der Waals surface area contributed by atoms with E-state index in [1.54, 1.807) is 0 Å². The second-order valence-corrected chi connectivity index (χ2v) is 6.03. The average Bonchev–Trinajstić information content (AvgIpc) is 2.44. The topological polar surface area (TPSA) is 70.6 Å². The third kappa shape index (κ3) is 7.56. The number of aliphatic hydroxyl groups excluding tert-OH is 1. The molecular weight excluding hydrogens is 268 g/mol. The molecule has 118 valence electrons. The van der Waals surface area contributed by atoms with Crippen LogP contribution in [0, 0.1) is 5.41 Å². The number of aliphatic hydroxyl groups is 1. The fourth-order valence-electron chi connectivity index (χ4n) is 1.54. The van der Waals surface area contributed by atoms with Crippen molar-refractivity contribution >= 4 is 6.03 Å². The molecule has 0 saturated heterocycles. The first kappa shape index (κ1) is 17.3. The predicted molar refractivity (Wildman–Crippen MR) is 83.4 cm³/mol. The van der Waals surface area contributed by atoms with Gasteiger partial charge in [-0.15, -0.1) is 0 Å². The molecule has 1 aromatic rings. The normalized spacial score (nSPS) is 12.6. The number of rotatable bonds is 7. The van der Waals surface area contributed by atoms with E-state index in [0.717, 1.165) is 12.2 Å². The number of ether oxygens (including phenoxy) is 1. The molecule has 0 bridgehead atoms. The van der Waals surface area contributed by atoms with Gasteiger partial charge in [0.1, 0.15) is 5.75 Å². The van der Waals surface area contributed by atoms with Crippen LogP contribution in [-0.2, 0) is 0 Å². The Bertz CT molecular complexity index is 415. The van der Waals surface area contributed by atoms with Crippen LogP contribution in [0.15, 0.2) is 30.3 Å². The van der Waals surface area contributed by atoms with Crippen molar-refractivity contribution in [3.8, 4) is 5.75 Å². The van der Waals surface area contributed by atoms with E-state index in [1.165, 1.54) is 0 Å². The van der Waals surface area contributed by atoms with Crippen molar-refractivity contribution in [3.63, 3.8) is 0 Å². The van der Waals surface area contributed by atoms with Gasteiger partial charge in [0.05, 0.1) is 12.7 Å². The molecule has 1 atom stereocenters. The molecule has 0 aliphatic heterocycles. The van der Waals surface area contributed by atoms with Crippen LogP contribution in [0.5, 0.6) is 5.75 Å². The number of benzene rings is 1. The van der Waals surface area contributed by atoms with Gasteiger partial charge in [-0.2, -0.15) is 0 Å². The van der Waals surface area contributed by atoms with Crippen LogP contribution in [0.25, 0.3) is 0 Å². The summed E-state index contributed by atoms with van der Waals surface area (Å²) < 4.78 is 5.52. The highest BCUT2D eigenvalue weighted by atomic mass is 16.5. The van der Waals surface area contributed by atoms with E-state index in [2.05, 4.69) is 10.6 Å². The molecule has 0 saturated carbocycles.